The van der Waals surface area contributed by atoms with Crippen molar-refractivity contribution < 1.29 is 14.1 Å². The van der Waals surface area contributed by atoms with Crippen molar-refractivity contribution in [3.63, 3.8) is 0 Å². The van der Waals surface area contributed by atoms with E-state index in [1.54, 1.807) is 30.3 Å². The molecule has 1 aliphatic rings. The average molecular weight is 476 g/mol. The van der Waals surface area contributed by atoms with Crippen molar-refractivity contribution in [2.45, 2.75) is 32.5 Å². The lowest BCUT2D eigenvalue weighted by Crippen LogP contribution is -2.57. The first-order chi connectivity index (χ1) is 14.2. The van der Waals surface area contributed by atoms with E-state index < -0.39 is 4.92 Å². The number of hydrogen-bond donors (Lipinski definition) is 0. The molecule has 0 spiro atoms. The number of carbonyl (C=O) groups excluding carboxylic acids is 1. The van der Waals surface area contributed by atoms with Crippen LogP contribution in [0.4, 0.5) is 10.1 Å². The van der Waals surface area contributed by atoms with E-state index in [2.05, 4.69) is 27.8 Å². The monoisotopic (exact) mass is 475 g/mol. The van der Waals surface area contributed by atoms with Gasteiger partial charge < -0.3 is 4.90 Å². The number of hydrogen-bond acceptors (Lipinski definition) is 4. The molecule has 1 aliphatic heterocycles. The maximum absolute atomic E-state index is 13.1. The molecular formula is C22H23BrFN3O3. The molecule has 2 atom stereocenters. The molecule has 1 heterocycles. The summed E-state index contributed by atoms with van der Waals surface area (Å²) in [6, 6.07) is 11.4. The number of amides is 1. The molecule has 0 saturated carbocycles. The lowest BCUT2D eigenvalue weighted by atomic mass is 10.1. The Balaban J connectivity index is 1.65. The highest BCUT2D eigenvalue weighted by Gasteiger charge is 2.31. The minimum atomic E-state index is -0.465. The van der Waals surface area contributed by atoms with E-state index >= 15 is 0 Å². The molecule has 1 saturated heterocycles. The molecule has 2 aromatic rings. The first-order valence-corrected chi connectivity index (χ1v) is 10.4. The number of carbonyl (C=O) groups is 1. The molecule has 30 heavy (non-hydrogen) atoms. The summed E-state index contributed by atoms with van der Waals surface area (Å²) in [6.45, 7) is 6.05. The van der Waals surface area contributed by atoms with Crippen LogP contribution in [0.3, 0.4) is 0 Å². The number of nitrogens with zero attached hydrogens (tertiary/aromatic N) is 3. The third-order valence-corrected chi connectivity index (χ3v) is 5.95. The van der Waals surface area contributed by atoms with E-state index in [-0.39, 0.29) is 29.5 Å². The number of nitro benzene ring substituents is 1. The molecule has 0 unspecified atom stereocenters. The number of halogens is 2. The summed E-state index contributed by atoms with van der Waals surface area (Å²) in [5.41, 5.74) is 1.59. The SMILES string of the molecule is C[C@@H]1CN(Cc2ccc(F)cc2)[C@@H](C)CN1C(=O)/C=C/c1ccc(Br)c([N+](=O)[O-])c1. The minimum absolute atomic E-state index is 0.0121. The molecule has 2 aromatic carbocycles. The highest BCUT2D eigenvalue weighted by molar-refractivity contribution is 9.10. The molecule has 6 nitrogen and oxygen atoms in total. The standard InChI is InChI=1S/C22H23BrFN3O3/c1-15-13-26(16(2)12-25(15)14-18-3-7-19(24)8-4-18)22(28)10-6-17-5-9-20(23)21(11-17)27(29)30/h3-11,15-16H,12-14H2,1-2H3/b10-6+/t15-,16+/m0/s1. The molecule has 8 heteroatoms. The van der Waals surface area contributed by atoms with Crippen LogP contribution in [0, 0.1) is 15.9 Å². The van der Waals surface area contributed by atoms with Crippen LogP contribution in [0.5, 0.6) is 0 Å². The quantitative estimate of drug-likeness (QED) is 0.359. The average Bonchev–Trinajstić information content (AvgIpc) is 2.71. The van der Waals surface area contributed by atoms with Gasteiger partial charge in [-0.1, -0.05) is 18.2 Å². The third kappa shape index (κ3) is 5.31. The lowest BCUT2D eigenvalue weighted by Gasteiger charge is -2.44. The predicted molar refractivity (Wildman–Crippen MR) is 117 cm³/mol. The van der Waals surface area contributed by atoms with E-state index in [4.69, 9.17) is 0 Å². The van der Waals surface area contributed by atoms with E-state index in [1.807, 2.05) is 11.8 Å². The van der Waals surface area contributed by atoms with E-state index in [1.165, 1.54) is 24.3 Å². The lowest BCUT2D eigenvalue weighted by molar-refractivity contribution is -0.385. The Morgan fingerprint density at radius 2 is 1.90 bits per heavy atom. The minimum Gasteiger partial charge on any atom is -0.334 e. The second-order valence-corrected chi connectivity index (χ2v) is 8.40. The van der Waals surface area contributed by atoms with Gasteiger partial charge >= 0.3 is 0 Å². The second-order valence-electron chi connectivity index (χ2n) is 7.55. The van der Waals surface area contributed by atoms with E-state index in [9.17, 15) is 19.3 Å². The van der Waals surface area contributed by atoms with Crippen molar-refractivity contribution in [1.29, 1.82) is 0 Å². The van der Waals surface area contributed by atoms with Gasteiger partial charge in [0, 0.05) is 43.9 Å². The van der Waals surface area contributed by atoms with Crippen LogP contribution in [-0.4, -0.2) is 45.8 Å². The number of piperazine rings is 1. The predicted octanol–water partition coefficient (Wildman–Crippen LogP) is 4.63. The number of rotatable bonds is 5. The second kappa shape index (κ2) is 9.49. The Morgan fingerprint density at radius 1 is 1.20 bits per heavy atom. The van der Waals surface area contributed by atoms with Gasteiger partial charge in [-0.15, -0.1) is 0 Å². The number of nitro groups is 1. The first kappa shape index (κ1) is 22.1. The smallest absolute Gasteiger partial charge is 0.284 e. The highest BCUT2D eigenvalue weighted by atomic mass is 79.9. The first-order valence-electron chi connectivity index (χ1n) is 9.65. The summed E-state index contributed by atoms with van der Waals surface area (Å²) in [7, 11) is 0. The van der Waals surface area contributed by atoms with Gasteiger partial charge in [0.2, 0.25) is 5.91 Å². The zero-order valence-corrected chi connectivity index (χ0v) is 18.4. The Bertz CT molecular complexity index is 965. The molecule has 0 aliphatic carbocycles. The summed E-state index contributed by atoms with van der Waals surface area (Å²) in [5.74, 6) is -0.375. The highest BCUT2D eigenvalue weighted by Crippen LogP contribution is 2.26. The molecule has 0 N–H and O–H groups in total. The zero-order chi connectivity index (χ0) is 21.8. The summed E-state index contributed by atoms with van der Waals surface area (Å²) in [6.07, 6.45) is 3.07. The molecule has 1 fully saturated rings. The van der Waals surface area contributed by atoms with Gasteiger partial charge in [-0.05, 0) is 65.2 Å². The van der Waals surface area contributed by atoms with Crippen LogP contribution in [0.2, 0.25) is 0 Å². The van der Waals surface area contributed by atoms with Gasteiger partial charge in [-0.25, -0.2) is 4.39 Å². The summed E-state index contributed by atoms with van der Waals surface area (Å²) >= 11 is 3.16. The van der Waals surface area contributed by atoms with Crippen molar-refractivity contribution >= 4 is 33.6 Å². The van der Waals surface area contributed by atoms with Gasteiger partial charge in [0.1, 0.15) is 5.82 Å². The van der Waals surface area contributed by atoms with Crippen molar-refractivity contribution in [2.24, 2.45) is 0 Å². The third-order valence-electron chi connectivity index (χ3n) is 5.28. The van der Waals surface area contributed by atoms with Crippen LogP contribution in [-0.2, 0) is 11.3 Å². The van der Waals surface area contributed by atoms with Gasteiger partial charge in [0.25, 0.3) is 5.69 Å². The molecule has 1 amide bonds. The van der Waals surface area contributed by atoms with Gasteiger partial charge in [-0.2, -0.15) is 0 Å². The van der Waals surface area contributed by atoms with Gasteiger partial charge in [0.15, 0.2) is 0 Å². The van der Waals surface area contributed by atoms with Gasteiger partial charge in [-0.3, -0.25) is 19.8 Å². The Hall–Kier alpha value is -2.58. The summed E-state index contributed by atoms with van der Waals surface area (Å²) in [4.78, 5) is 27.5. The van der Waals surface area contributed by atoms with Crippen LogP contribution in [0.25, 0.3) is 6.08 Å². The van der Waals surface area contributed by atoms with Crippen LogP contribution < -0.4 is 0 Å². The fraction of sp³-hybridized carbons (Fsp3) is 0.318. The maximum atomic E-state index is 13.1. The molecule has 0 radical (unpaired) electrons. The normalized spacial score (nSPS) is 19.9. The largest absolute Gasteiger partial charge is 0.334 e. The number of benzene rings is 2. The van der Waals surface area contributed by atoms with Crippen LogP contribution in [0.15, 0.2) is 53.0 Å². The topological polar surface area (TPSA) is 66.7 Å². The summed E-state index contributed by atoms with van der Waals surface area (Å²) in [5, 5.41) is 11.1. The van der Waals surface area contributed by atoms with Crippen LogP contribution >= 0.6 is 15.9 Å². The van der Waals surface area contributed by atoms with Crippen molar-refractivity contribution in [3.8, 4) is 0 Å². The fourth-order valence-electron chi connectivity index (χ4n) is 3.59. The Kier molecular flexibility index (Phi) is 6.99. The zero-order valence-electron chi connectivity index (χ0n) is 16.8. The molecule has 0 bridgehead atoms. The van der Waals surface area contributed by atoms with E-state index in [0.717, 1.165) is 5.56 Å². The molecule has 3 rings (SSSR count). The fourth-order valence-corrected chi connectivity index (χ4v) is 3.98. The molecule has 158 valence electrons. The molecule has 0 aromatic heterocycles. The van der Waals surface area contributed by atoms with Crippen molar-refractivity contribution in [3.05, 3.63) is 80.1 Å². The van der Waals surface area contributed by atoms with Crippen molar-refractivity contribution in [2.75, 3.05) is 13.1 Å². The molecular weight excluding hydrogens is 453 g/mol. The van der Waals surface area contributed by atoms with Gasteiger partial charge in [0.05, 0.1) is 9.40 Å². The van der Waals surface area contributed by atoms with Crippen molar-refractivity contribution in [1.82, 2.24) is 9.80 Å². The maximum Gasteiger partial charge on any atom is 0.284 e. The Labute approximate surface area is 183 Å². The van der Waals surface area contributed by atoms with Crippen LogP contribution in [0.1, 0.15) is 25.0 Å². The Morgan fingerprint density at radius 3 is 2.57 bits per heavy atom. The van der Waals surface area contributed by atoms with E-state index in [0.29, 0.717) is 29.7 Å². The summed E-state index contributed by atoms with van der Waals surface area (Å²) < 4.78 is 13.5.